The quantitative estimate of drug-likeness (QED) is 0.935. The highest BCUT2D eigenvalue weighted by Crippen LogP contribution is 2.40. The highest BCUT2D eigenvalue weighted by Gasteiger charge is 2.32. The van der Waals surface area contributed by atoms with E-state index in [-0.39, 0.29) is 6.04 Å². The van der Waals surface area contributed by atoms with Crippen molar-refractivity contribution >= 4 is 5.82 Å². The van der Waals surface area contributed by atoms with Gasteiger partial charge in [0.15, 0.2) is 0 Å². The zero-order valence-corrected chi connectivity index (χ0v) is 12.1. The molecule has 0 saturated heterocycles. The Labute approximate surface area is 126 Å². The fraction of sp³-hybridized carbons (Fsp3) is 0.467. The van der Waals surface area contributed by atoms with Crippen LogP contribution in [0.3, 0.4) is 0 Å². The van der Waals surface area contributed by atoms with Crippen LogP contribution in [0.5, 0.6) is 0 Å². The number of hydrogen-bond acceptors (Lipinski definition) is 3. The third-order valence-corrected chi connectivity index (χ3v) is 3.92. The van der Waals surface area contributed by atoms with E-state index in [1.807, 2.05) is 13.0 Å². The second-order valence-electron chi connectivity index (χ2n) is 5.61. The van der Waals surface area contributed by atoms with Gasteiger partial charge in [-0.15, -0.1) is 0 Å². The van der Waals surface area contributed by atoms with Crippen LogP contribution in [-0.2, 0) is 6.18 Å². The molecule has 3 rings (SSSR count). The number of rotatable bonds is 4. The maximum absolute atomic E-state index is 12.6. The van der Waals surface area contributed by atoms with Crippen LogP contribution in [0, 0.1) is 0 Å². The Bertz CT molecular complexity index is 656. The topological polar surface area (TPSA) is 56.7 Å². The van der Waals surface area contributed by atoms with Crippen molar-refractivity contribution in [2.45, 2.75) is 44.3 Å². The molecule has 1 atom stereocenters. The molecule has 4 nitrogen and oxygen atoms in total. The smallest absolute Gasteiger partial charge is 0.384 e. The lowest BCUT2D eigenvalue weighted by Crippen LogP contribution is -2.15. The molecule has 2 N–H and O–H groups in total. The summed E-state index contributed by atoms with van der Waals surface area (Å²) in [5.74, 6) is 1.01. The van der Waals surface area contributed by atoms with Gasteiger partial charge in [0.2, 0.25) is 0 Å². The standard InChI is InChI=1S/C15H17F3N4/c1-2-12(10-5-6-13(20-8-10)15(16,17)18)22-14(19)7-11(21-22)9-3-4-9/h5-9,12H,2-4,19H2,1H3. The third-order valence-electron chi connectivity index (χ3n) is 3.92. The van der Waals surface area contributed by atoms with E-state index in [1.165, 1.54) is 12.3 Å². The minimum atomic E-state index is -4.43. The van der Waals surface area contributed by atoms with E-state index in [2.05, 4.69) is 10.1 Å². The Kier molecular flexibility index (Phi) is 3.58. The molecule has 0 amide bonds. The van der Waals surface area contributed by atoms with Crippen LogP contribution in [-0.4, -0.2) is 14.8 Å². The van der Waals surface area contributed by atoms with E-state index in [1.54, 1.807) is 4.68 Å². The van der Waals surface area contributed by atoms with E-state index in [0.717, 1.165) is 24.6 Å². The SMILES string of the molecule is CCC(c1ccc(C(F)(F)F)nc1)n1nc(C2CC2)cc1N. The van der Waals surface area contributed by atoms with E-state index in [9.17, 15) is 13.2 Å². The first-order valence-electron chi connectivity index (χ1n) is 7.28. The number of halogens is 3. The minimum Gasteiger partial charge on any atom is -0.384 e. The number of nitrogen functional groups attached to an aromatic ring is 1. The number of pyridine rings is 1. The Balaban J connectivity index is 1.90. The van der Waals surface area contributed by atoms with Gasteiger partial charge in [-0.05, 0) is 30.9 Å². The van der Waals surface area contributed by atoms with Crippen LogP contribution < -0.4 is 5.73 Å². The molecule has 7 heteroatoms. The molecule has 118 valence electrons. The Morgan fingerprint density at radius 2 is 2.09 bits per heavy atom. The molecule has 2 aromatic heterocycles. The number of anilines is 1. The summed E-state index contributed by atoms with van der Waals surface area (Å²) in [6.45, 7) is 1.94. The molecular formula is C15H17F3N4. The van der Waals surface area contributed by atoms with E-state index in [0.29, 0.717) is 23.7 Å². The number of hydrogen-bond donors (Lipinski definition) is 1. The summed E-state index contributed by atoms with van der Waals surface area (Å²) in [4.78, 5) is 3.52. The van der Waals surface area contributed by atoms with Crippen molar-refractivity contribution in [3.05, 3.63) is 41.3 Å². The number of aromatic nitrogens is 3. The lowest BCUT2D eigenvalue weighted by molar-refractivity contribution is -0.141. The van der Waals surface area contributed by atoms with E-state index in [4.69, 9.17) is 5.73 Å². The summed E-state index contributed by atoms with van der Waals surface area (Å²) >= 11 is 0. The third kappa shape index (κ3) is 2.80. The first-order chi connectivity index (χ1) is 10.4. The zero-order valence-electron chi connectivity index (χ0n) is 12.1. The van der Waals surface area contributed by atoms with Crippen molar-refractivity contribution < 1.29 is 13.2 Å². The van der Waals surface area contributed by atoms with Gasteiger partial charge in [0.05, 0.1) is 11.7 Å². The first-order valence-corrected chi connectivity index (χ1v) is 7.28. The molecule has 1 aliphatic rings. The molecule has 1 aliphatic carbocycles. The van der Waals surface area contributed by atoms with Gasteiger partial charge in [-0.2, -0.15) is 18.3 Å². The van der Waals surface area contributed by atoms with Crippen molar-refractivity contribution in [2.24, 2.45) is 0 Å². The van der Waals surface area contributed by atoms with Gasteiger partial charge in [-0.25, -0.2) is 4.68 Å². The highest BCUT2D eigenvalue weighted by molar-refractivity contribution is 5.36. The maximum atomic E-state index is 12.6. The summed E-state index contributed by atoms with van der Waals surface area (Å²) in [6.07, 6.45) is -0.258. The summed E-state index contributed by atoms with van der Waals surface area (Å²) in [5, 5.41) is 4.53. The van der Waals surface area contributed by atoms with Crippen molar-refractivity contribution in [3.63, 3.8) is 0 Å². The highest BCUT2D eigenvalue weighted by atomic mass is 19.4. The van der Waals surface area contributed by atoms with Gasteiger partial charge >= 0.3 is 6.18 Å². The Hall–Kier alpha value is -2.05. The normalized spacial score (nSPS) is 16.7. The number of nitrogens with two attached hydrogens (primary N) is 1. The molecular weight excluding hydrogens is 293 g/mol. The largest absolute Gasteiger partial charge is 0.433 e. The van der Waals surface area contributed by atoms with Crippen LogP contribution in [0.4, 0.5) is 19.0 Å². The van der Waals surface area contributed by atoms with E-state index >= 15 is 0 Å². The Morgan fingerprint density at radius 3 is 2.59 bits per heavy atom. The average Bonchev–Trinajstić information content (AvgIpc) is 3.24. The summed E-state index contributed by atoms with van der Waals surface area (Å²) in [5.41, 5.74) is 6.77. The maximum Gasteiger partial charge on any atom is 0.433 e. The average molecular weight is 310 g/mol. The van der Waals surface area contributed by atoms with Gasteiger partial charge in [-0.3, -0.25) is 4.98 Å². The summed E-state index contributed by atoms with van der Waals surface area (Å²) in [7, 11) is 0. The van der Waals surface area contributed by atoms with Gasteiger partial charge < -0.3 is 5.73 Å². The molecule has 1 unspecified atom stereocenters. The second kappa shape index (κ2) is 5.30. The minimum absolute atomic E-state index is 0.206. The predicted molar refractivity (Wildman–Crippen MR) is 76.3 cm³/mol. The van der Waals surface area contributed by atoms with Gasteiger partial charge in [0, 0.05) is 18.2 Å². The lowest BCUT2D eigenvalue weighted by atomic mass is 10.1. The molecule has 1 fully saturated rings. The lowest BCUT2D eigenvalue weighted by Gasteiger charge is -2.18. The van der Waals surface area contributed by atoms with Gasteiger partial charge in [0.25, 0.3) is 0 Å². The van der Waals surface area contributed by atoms with E-state index < -0.39 is 11.9 Å². The van der Waals surface area contributed by atoms with Crippen molar-refractivity contribution in [1.82, 2.24) is 14.8 Å². The van der Waals surface area contributed by atoms with Crippen molar-refractivity contribution in [1.29, 1.82) is 0 Å². The molecule has 2 aromatic rings. The van der Waals surface area contributed by atoms with Crippen LogP contribution in [0.1, 0.15) is 55.1 Å². The van der Waals surface area contributed by atoms with Gasteiger partial charge in [-0.1, -0.05) is 13.0 Å². The summed E-state index contributed by atoms with van der Waals surface area (Å²) < 4.78 is 39.5. The molecule has 0 spiro atoms. The number of nitrogens with zero attached hydrogens (tertiary/aromatic N) is 3. The van der Waals surface area contributed by atoms with Crippen molar-refractivity contribution in [3.8, 4) is 0 Å². The zero-order chi connectivity index (χ0) is 15.9. The number of alkyl halides is 3. The molecule has 0 aliphatic heterocycles. The Morgan fingerprint density at radius 1 is 1.36 bits per heavy atom. The predicted octanol–water partition coefficient (Wildman–Crippen LogP) is 3.76. The fourth-order valence-electron chi connectivity index (χ4n) is 2.58. The summed E-state index contributed by atoms with van der Waals surface area (Å²) in [6, 6.07) is 4.10. The molecule has 0 aromatic carbocycles. The molecule has 22 heavy (non-hydrogen) atoms. The van der Waals surface area contributed by atoms with Crippen LogP contribution >= 0.6 is 0 Å². The monoisotopic (exact) mass is 310 g/mol. The molecule has 2 heterocycles. The van der Waals surface area contributed by atoms with Crippen molar-refractivity contribution in [2.75, 3.05) is 5.73 Å². The van der Waals surface area contributed by atoms with Crippen LogP contribution in [0.2, 0.25) is 0 Å². The van der Waals surface area contributed by atoms with Crippen LogP contribution in [0.15, 0.2) is 24.4 Å². The molecule has 0 bridgehead atoms. The molecule has 0 radical (unpaired) electrons. The first kappa shape index (κ1) is 14.9. The fourth-order valence-corrected chi connectivity index (χ4v) is 2.58. The molecule has 1 saturated carbocycles. The second-order valence-corrected chi connectivity index (χ2v) is 5.61. The van der Waals surface area contributed by atoms with Crippen LogP contribution in [0.25, 0.3) is 0 Å². The van der Waals surface area contributed by atoms with Gasteiger partial charge in [0.1, 0.15) is 11.5 Å².